The first-order valence-electron chi connectivity index (χ1n) is 8.60. The predicted molar refractivity (Wildman–Crippen MR) is 114 cm³/mol. The zero-order chi connectivity index (χ0) is 22.6. The summed E-state index contributed by atoms with van der Waals surface area (Å²) < 4.78 is 65.1. The van der Waals surface area contributed by atoms with E-state index >= 15 is 0 Å². The van der Waals surface area contributed by atoms with Crippen molar-refractivity contribution in [1.29, 1.82) is 0 Å². The third kappa shape index (κ3) is 4.95. The van der Waals surface area contributed by atoms with Crippen LogP contribution < -0.4 is 24.7 Å². The Morgan fingerprint density at radius 2 is 1.32 bits per heavy atom. The molecule has 3 rings (SSSR count). The molecule has 164 valence electrons. The maximum absolute atomic E-state index is 12.7. The molecule has 0 atom stereocenters. The lowest BCUT2D eigenvalue weighted by Gasteiger charge is -2.13. The number of benzene rings is 2. The van der Waals surface area contributed by atoms with Crippen LogP contribution in [0.15, 0.2) is 64.6 Å². The van der Waals surface area contributed by atoms with Crippen molar-refractivity contribution in [1.82, 2.24) is 9.97 Å². The summed E-state index contributed by atoms with van der Waals surface area (Å²) in [7, 11) is -5.24. The highest BCUT2D eigenvalue weighted by Gasteiger charge is 2.21. The van der Waals surface area contributed by atoms with Crippen LogP contribution in [0.2, 0.25) is 0 Å². The highest BCUT2D eigenvalue weighted by Crippen LogP contribution is 2.32. The standard InChI is InChI=1S/C18H19N5O6S2/c1-28-16-17(20-11-21-18(16)29-2)23-31(26,27)15-9-5-13(6-10-15)22-30(24,25)14-7-3-12(19)4-8-14/h3-11,22H,19H2,1-2H3,(H,20,21,23). The lowest BCUT2D eigenvalue weighted by molar-refractivity contribution is 0.342. The second-order valence-electron chi connectivity index (χ2n) is 6.07. The van der Waals surface area contributed by atoms with Crippen molar-refractivity contribution >= 4 is 37.2 Å². The lowest BCUT2D eigenvalue weighted by Crippen LogP contribution is -2.16. The molecule has 0 saturated carbocycles. The summed E-state index contributed by atoms with van der Waals surface area (Å²) in [5.41, 5.74) is 6.18. The lowest BCUT2D eigenvalue weighted by atomic mass is 10.3. The second kappa shape index (κ2) is 8.65. The third-order valence-corrected chi connectivity index (χ3v) is 6.76. The van der Waals surface area contributed by atoms with Crippen LogP contribution in [0.5, 0.6) is 11.6 Å². The van der Waals surface area contributed by atoms with E-state index in [4.69, 9.17) is 15.2 Å². The van der Waals surface area contributed by atoms with Crippen molar-refractivity contribution in [2.45, 2.75) is 9.79 Å². The fraction of sp³-hybridized carbons (Fsp3) is 0.111. The number of sulfonamides is 2. The third-order valence-electron chi connectivity index (χ3n) is 4.01. The van der Waals surface area contributed by atoms with E-state index in [0.717, 1.165) is 6.33 Å². The van der Waals surface area contributed by atoms with Crippen LogP contribution in [0.3, 0.4) is 0 Å². The fourth-order valence-corrected chi connectivity index (χ4v) is 4.58. The van der Waals surface area contributed by atoms with Gasteiger partial charge in [-0.05, 0) is 48.5 Å². The zero-order valence-electron chi connectivity index (χ0n) is 16.4. The van der Waals surface area contributed by atoms with Crippen LogP contribution in [0.25, 0.3) is 0 Å². The SMILES string of the molecule is COc1ncnc(NS(=O)(=O)c2ccc(NS(=O)(=O)c3ccc(N)cc3)cc2)c1OC. The summed E-state index contributed by atoms with van der Waals surface area (Å²) in [5, 5.41) is 0. The van der Waals surface area contributed by atoms with Crippen LogP contribution in [-0.4, -0.2) is 41.0 Å². The molecule has 0 unspecified atom stereocenters. The van der Waals surface area contributed by atoms with E-state index in [1.807, 2.05) is 0 Å². The number of nitrogens with one attached hydrogen (secondary N) is 2. The first kappa shape index (κ1) is 22.1. The predicted octanol–water partition coefficient (Wildman–Crippen LogP) is 1.68. The van der Waals surface area contributed by atoms with Crippen molar-refractivity contribution < 1.29 is 26.3 Å². The minimum atomic E-state index is -4.06. The van der Waals surface area contributed by atoms with E-state index in [1.54, 1.807) is 0 Å². The number of nitrogens with two attached hydrogens (primary N) is 1. The number of nitrogens with zero attached hydrogens (tertiary/aromatic N) is 2. The van der Waals surface area contributed by atoms with Gasteiger partial charge in [0.1, 0.15) is 6.33 Å². The summed E-state index contributed by atoms with van der Waals surface area (Å²) in [5.74, 6) is -0.0356. The molecular weight excluding hydrogens is 446 g/mol. The Morgan fingerprint density at radius 1 is 0.774 bits per heavy atom. The largest absolute Gasteiger partial charge is 0.489 e. The van der Waals surface area contributed by atoms with Gasteiger partial charge in [-0.25, -0.2) is 21.8 Å². The van der Waals surface area contributed by atoms with Gasteiger partial charge in [0.25, 0.3) is 25.9 Å². The van der Waals surface area contributed by atoms with E-state index in [1.165, 1.54) is 62.8 Å². The normalized spacial score (nSPS) is 11.5. The molecule has 0 bridgehead atoms. The number of ether oxygens (including phenoxy) is 2. The monoisotopic (exact) mass is 465 g/mol. The zero-order valence-corrected chi connectivity index (χ0v) is 18.1. The topological polar surface area (TPSA) is 163 Å². The van der Waals surface area contributed by atoms with Crippen LogP contribution >= 0.6 is 0 Å². The molecule has 0 radical (unpaired) electrons. The molecule has 2 aromatic carbocycles. The number of methoxy groups -OCH3 is 2. The van der Waals surface area contributed by atoms with Gasteiger partial charge in [-0.1, -0.05) is 0 Å². The Morgan fingerprint density at radius 3 is 1.87 bits per heavy atom. The van der Waals surface area contributed by atoms with Crippen LogP contribution in [0.1, 0.15) is 0 Å². The summed E-state index contributed by atoms with van der Waals surface area (Å²) in [6, 6.07) is 10.8. The number of hydrogen-bond acceptors (Lipinski definition) is 9. The molecule has 0 aliphatic carbocycles. The highest BCUT2D eigenvalue weighted by molar-refractivity contribution is 7.93. The van der Waals surface area contributed by atoms with Gasteiger partial charge in [0.05, 0.1) is 24.0 Å². The molecule has 31 heavy (non-hydrogen) atoms. The maximum Gasteiger partial charge on any atom is 0.263 e. The molecular formula is C18H19N5O6S2. The Bertz CT molecular complexity index is 1280. The quantitative estimate of drug-likeness (QED) is 0.420. The molecule has 0 saturated heterocycles. The number of aromatic nitrogens is 2. The van der Waals surface area contributed by atoms with Crippen LogP contribution in [0, 0.1) is 0 Å². The minimum absolute atomic E-state index is 0.0152. The minimum Gasteiger partial charge on any atom is -0.489 e. The van der Waals surface area contributed by atoms with E-state index < -0.39 is 20.0 Å². The Hall–Kier alpha value is -3.58. The van der Waals surface area contributed by atoms with E-state index in [0.29, 0.717) is 5.69 Å². The molecule has 3 aromatic rings. The Kier molecular flexibility index (Phi) is 6.17. The van der Waals surface area contributed by atoms with Gasteiger partial charge < -0.3 is 15.2 Å². The molecule has 0 aliphatic rings. The van der Waals surface area contributed by atoms with Crippen molar-refractivity contribution in [3.8, 4) is 11.6 Å². The molecule has 0 aliphatic heterocycles. The molecule has 0 spiro atoms. The van der Waals surface area contributed by atoms with Gasteiger partial charge in [-0.3, -0.25) is 9.44 Å². The molecule has 0 fully saturated rings. The van der Waals surface area contributed by atoms with Gasteiger partial charge >= 0.3 is 0 Å². The summed E-state index contributed by atoms with van der Waals surface area (Å²) in [6.07, 6.45) is 1.12. The van der Waals surface area contributed by atoms with Crippen LogP contribution in [0.4, 0.5) is 17.2 Å². The van der Waals surface area contributed by atoms with E-state index in [-0.39, 0.29) is 32.9 Å². The van der Waals surface area contributed by atoms with E-state index in [2.05, 4.69) is 19.4 Å². The molecule has 11 nitrogen and oxygen atoms in total. The average molecular weight is 466 g/mol. The summed E-state index contributed by atoms with van der Waals surface area (Å²) in [6.45, 7) is 0. The van der Waals surface area contributed by atoms with Crippen molar-refractivity contribution in [3.63, 3.8) is 0 Å². The summed E-state index contributed by atoms with van der Waals surface area (Å²) in [4.78, 5) is 7.61. The van der Waals surface area contributed by atoms with Gasteiger partial charge in [0, 0.05) is 11.4 Å². The van der Waals surface area contributed by atoms with Crippen LogP contribution in [-0.2, 0) is 20.0 Å². The fourth-order valence-electron chi connectivity index (χ4n) is 2.51. The van der Waals surface area contributed by atoms with Gasteiger partial charge in [0.2, 0.25) is 5.75 Å². The molecule has 0 amide bonds. The number of rotatable bonds is 8. The average Bonchev–Trinajstić information content (AvgIpc) is 2.73. The molecule has 4 N–H and O–H groups in total. The van der Waals surface area contributed by atoms with Crippen molar-refractivity contribution in [3.05, 3.63) is 54.9 Å². The summed E-state index contributed by atoms with van der Waals surface area (Å²) >= 11 is 0. The number of nitrogen functional groups attached to an aromatic ring is 1. The first-order chi connectivity index (χ1) is 14.7. The van der Waals surface area contributed by atoms with Gasteiger partial charge in [-0.15, -0.1) is 0 Å². The van der Waals surface area contributed by atoms with E-state index in [9.17, 15) is 16.8 Å². The Balaban J connectivity index is 1.81. The van der Waals surface area contributed by atoms with Gasteiger partial charge in [-0.2, -0.15) is 4.98 Å². The molecule has 13 heteroatoms. The smallest absolute Gasteiger partial charge is 0.263 e. The molecule has 1 aromatic heterocycles. The maximum atomic E-state index is 12.7. The molecule has 1 heterocycles. The highest BCUT2D eigenvalue weighted by atomic mass is 32.2. The van der Waals surface area contributed by atoms with Crippen molar-refractivity contribution in [2.75, 3.05) is 29.4 Å². The first-order valence-corrected chi connectivity index (χ1v) is 11.6. The number of hydrogen-bond donors (Lipinski definition) is 3. The van der Waals surface area contributed by atoms with Gasteiger partial charge in [0.15, 0.2) is 5.82 Å². The number of anilines is 3. The van der Waals surface area contributed by atoms with Crippen molar-refractivity contribution in [2.24, 2.45) is 0 Å². The Labute approximate surface area is 179 Å². The second-order valence-corrected chi connectivity index (χ2v) is 9.43.